The smallest absolute Gasteiger partial charge is 0.0513 e. The predicted molar refractivity (Wildman–Crippen MR) is 87.7 cm³/mol. The number of nitrogens with zero attached hydrogens (tertiary/aromatic N) is 1. The number of rotatable bonds is 5. The van der Waals surface area contributed by atoms with E-state index in [1.807, 2.05) is 7.05 Å². The molecular formula is C18H26N2O. The van der Waals surface area contributed by atoms with E-state index < -0.39 is 0 Å². The molecule has 1 fully saturated rings. The van der Waals surface area contributed by atoms with Gasteiger partial charge < -0.3 is 14.6 Å². The van der Waals surface area contributed by atoms with E-state index in [1.54, 1.807) is 0 Å². The van der Waals surface area contributed by atoms with Crippen molar-refractivity contribution in [3.63, 3.8) is 0 Å². The van der Waals surface area contributed by atoms with Crippen molar-refractivity contribution in [2.45, 2.75) is 38.8 Å². The lowest BCUT2D eigenvalue weighted by atomic mass is 9.99. The Morgan fingerprint density at radius 2 is 2.10 bits per heavy atom. The van der Waals surface area contributed by atoms with Crippen molar-refractivity contribution in [3.05, 3.63) is 36.0 Å². The van der Waals surface area contributed by atoms with Gasteiger partial charge >= 0.3 is 0 Å². The van der Waals surface area contributed by atoms with E-state index in [-0.39, 0.29) is 0 Å². The number of likely N-dealkylation sites (N-methyl/N-ethyl adjacent to an activating group) is 1. The Balaban J connectivity index is 1.87. The molecule has 1 N–H and O–H groups in total. The summed E-state index contributed by atoms with van der Waals surface area (Å²) in [5.74, 6) is 0.754. The molecule has 0 bridgehead atoms. The zero-order valence-corrected chi connectivity index (χ0v) is 13.1. The van der Waals surface area contributed by atoms with Crippen LogP contribution in [0.4, 0.5) is 0 Å². The van der Waals surface area contributed by atoms with Crippen LogP contribution in [0.1, 0.15) is 25.3 Å². The molecule has 2 heterocycles. The lowest BCUT2D eigenvalue weighted by molar-refractivity contribution is 0.0616. The molecule has 0 aliphatic carbocycles. The molecule has 0 amide bonds. The van der Waals surface area contributed by atoms with E-state index in [0.29, 0.717) is 6.04 Å². The molecule has 1 aromatic heterocycles. The average Bonchev–Trinajstić information content (AvgIpc) is 2.92. The summed E-state index contributed by atoms with van der Waals surface area (Å²) < 4.78 is 7.94. The van der Waals surface area contributed by atoms with Gasteiger partial charge in [0.2, 0.25) is 0 Å². The first kappa shape index (κ1) is 14.6. The summed E-state index contributed by atoms with van der Waals surface area (Å²) >= 11 is 0. The van der Waals surface area contributed by atoms with Crippen LogP contribution >= 0.6 is 0 Å². The van der Waals surface area contributed by atoms with E-state index in [4.69, 9.17) is 4.74 Å². The van der Waals surface area contributed by atoms with Gasteiger partial charge in [-0.15, -0.1) is 0 Å². The zero-order valence-electron chi connectivity index (χ0n) is 13.1. The van der Waals surface area contributed by atoms with Crippen molar-refractivity contribution < 1.29 is 4.74 Å². The number of hydrogen-bond acceptors (Lipinski definition) is 2. The fraction of sp³-hybridized carbons (Fsp3) is 0.556. The first-order chi connectivity index (χ1) is 10.3. The molecule has 1 aliphatic heterocycles. The van der Waals surface area contributed by atoms with Gasteiger partial charge in [0.05, 0.1) is 5.52 Å². The zero-order chi connectivity index (χ0) is 14.7. The molecule has 3 heteroatoms. The summed E-state index contributed by atoms with van der Waals surface area (Å²) in [7, 11) is 2.03. The quantitative estimate of drug-likeness (QED) is 0.913. The maximum Gasteiger partial charge on any atom is 0.0513 e. The predicted octanol–water partition coefficient (Wildman–Crippen LogP) is 3.22. The number of fused-ring (bicyclic) bond motifs is 1. The van der Waals surface area contributed by atoms with Crippen LogP contribution in [0.3, 0.4) is 0 Å². The van der Waals surface area contributed by atoms with Gasteiger partial charge in [-0.3, -0.25) is 0 Å². The summed E-state index contributed by atoms with van der Waals surface area (Å²) in [6.07, 6.45) is 5.71. The molecule has 114 valence electrons. The monoisotopic (exact) mass is 286 g/mol. The highest BCUT2D eigenvalue weighted by atomic mass is 16.5. The third kappa shape index (κ3) is 3.30. The highest BCUT2D eigenvalue weighted by Gasteiger charge is 2.16. The Kier molecular flexibility index (Phi) is 4.61. The van der Waals surface area contributed by atoms with Crippen LogP contribution in [0.2, 0.25) is 0 Å². The van der Waals surface area contributed by atoms with E-state index in [2.05, 4.69) is 47.3 Å². The third-order valence-electron chi connectivity index (χ3n) is 4.69. The lowest BCUT2D eigenvalue weighted by Gasteiger charge is -2.23. The summed E-state index contributed by atoms with van der Waals surface area (Å²) in [5, 5.41) is 4.71. The second-order valence-electron chi connectivity index (χ2n) is 6.27. The number of para-hydroxylation sites is 1. The van der Waals surface area contributed by atoms with Crippen LogP contribution < -0.4 is 5.32 Å². The van der Waals surface area contributed by atoms with Gasteiger partial charge in [-0.2, -0.15) is 0 Å². The number of aromatic nitrogens is 1. The Hall–Kier alpha value is -1.32. The van der Waals surface area contributed by atoms with Crippen LogP contribution in [-0.2, 0) is 17.7 Å². The van der Waals surface area contributed by atoms with Crippen molar-refractivity contribution in [1.29, 1.82) is 0 Å². The van der Waals surface area contributed by atoms with Gasteiger partial charge in [0, 0.05) is 32.0 Å². The maximum absolute atomic E-state index is 5.48. The lowest BCUT2D eigenvalue weighted by Crippen LogP contribution is -2.24. The van der Waals surface area contributed by atoms with Gasteiger partial charge in [-0.1, -0.05) is 18.2 Å². The minimum Gasteiger partial charge on any atom is -0.381 e. The van der Waals surface area contributed by atoms with Crippen LogP contribution in [0.5, 0.6) is 0 Å². The Bertz CT molecular complexity index is 584. The van der Waals surface area contributed by atoms with Crippen molar-refractivity contribution in [2.75, 3.05) is 20.3 Å². The maximum atomic E-state index is 5.48. The van der Waals surface area contributed by atoms with Crippen molar-refractivity contribution in [1.82, 2.24) is 9.88 Å². The van der Waals surface area contributed by atoms with E-state index >= 15 is 0 Å². The second-order valence-corrected chi connectivity index (χ2v) is 6.27. The summed E-state index contributed by atoms with van der Waals surface area (Å²) in [4.78, 5) is 0. The first-order valence-corrected chi connectivity index (χ1v) is 8.09. The van der Waals surface area contributed by atoms with Crippen LogP contribution in [0, 0.1) is 5.92 Å². The molecule has 1 aliphatic rings. The molecule has 1 aromatic carbocycles. The van der Waals surface area contributed by atoms with Gasteiger partial charge in [-0.05, 0) is 56.2 Å². The summed E-state index contributed by atoms with van der Waals surface area (Å²) in [6.45, 7) is 5.21. The number of benzene rings is 1. The second kappa shape index (κ2) is 6.63. The fourth-order valence-corrected chi connectivity index (χ4v) is 3.30. The van der Waals surface area contributed by atoms with Gasteiger partial charge in [-0.25, -0.2) is 0 Å². The van der Waals surface area contributed by atoms with Crippen molar-refractivity contribution in [2.24, 2.45) is 5.92 Å². The molecule has 3 rings (SSSR count). The minimum atomic E-state index is 0.502. The van der Waals surface area contributed by atoms with Crippen LogP contribution in [0.15, 0.2) is 30.5 Å². The fourth-order valence-electron chi connectivity index (χ4n) is 3.30. The third-order valence-corrected chi connectivity index (χ3v) is 4.69. The topological polar surface area (TPSA) is 26.2 Å². The molecule has 0 saturated carbocycles. The minimum absolute atomic E-state index is 0.502. The molecular weight excluding hydrogens is 260 g/mol. The molecule has 2 aromatic rings. The molecule has 21 heavy (non-hydrogen) atoms. The number of nitrogens with one attached hydrogen (secondary N) is 1. The van der Waals surface area contributed by atoms with Crippen molar-refractivity contribution in [3.8, 4) is 0 Å². The normalized spacial score (nSPS) is 18.2. The SMILES string of the molecule is CNC(C)Cc1cccc2ccn(CC3CCOCC3)c12. The highest BCUT2D eigenvalue weighted by molar-refractivity contribution is 5.83. The van der Waals surface area contributed by atoms with Gasteiger partial charge in [0.1, 0.15) is 0 Å². The molecule has 3 nitrogen and oxygen atoms in total. The van der Waals surface area contributed by atoms with Crippen molar-refractivity contribution >= 4 is 10.9 Å². The Labute approximate surface area is 127 Å². The Morgan fingerprint density at radius 3 is 2.86 bits per heavy atom. The standard InChI is InChI=1S/C18H26N2O/c1-14(19-2)12-17-5-3-4-16-6-9-20(18(16)17)13-15-7-10-21-11-8-15/h3-6,9,14-15,19H,7-8,10-13H2,1-2H3. The molecule has 1 atom stereocenters. The number of hydrogen-bond donors (Lipinski definition) is 1. The highest BCUT2D eigenvalue weighted by Crippen LogP contribution is 2.25. The average molecular weight is 286 g/mol. The van der Waals surface area contributed by atoms with Crippen LogP contribution in [0.25, 0.3) is 10.9 Å². The van der Waals surface area contributed by atoms with E-state index in [1.165, 1.54) is 29.3 Å². The van der Waals surface area contributed by atoms with E-state index in [0.717, 1.165) is 32.1 Å². The Morgan fingerprint density at radius 1 is 1.29 bits per heavy atom. The molecule has 0 spiro atoms. The summed E-state index contributed by atoms with van der Waals surface area (Å²) in [5.41, 5.74) is 2.87. The van der Waals surface area contributed by atoms with Gasteiger partial charge in [0.15, 0.2) is 0 Å². The van der Waals surface area contributed by atoms with E-state index in [9.17, 15) is 0 Å². The molecule has 1 saturated heterocycles. The van der Waals surface area contributed by atoms with Crippen LogP contribution in [-0.4, -0.2) is 30.9 Å². The molecule has 0 radical (unpaired) electrons. The van der Waals surface area contributed by atoms with Gasteiger partial charge in [0.25, 0.3) is 0 Å². The largest absolute Gasteiger partial charge is 0.381 e. The summed E-state index contributed by atoms with van der Waals surface area (Å²) in [6, 6.07) is 9.43. The first-order valence-electron chi connectivity index (χ1n) is 8.09. The number of ether oxygens (including phenoxy) is 1. The molecule has 1 unspecified atom stereocenters.